The summed E-state index contributed by atoms with van der Waals surface area (Å²) in [6, 6.07) is 12.7. The number of halogens is 1. The number of fused-ring (bicyclic) bond motifs is 1. The fraction of sp³-hybridized carbons (Fsp3) is 0.269. The van der Waals surface area contributed by atoms with Gasteiger partial charge >= 0.3 is 5.97 Å². The lowest BCUT2D eigenvalue weighted by Gasteiger charge is -2.26. The lowest BCUT2D eigenvalue weighted by Crippen LogP contribution is -2.40. The van der Waals surface area contributed by atoms with Crippen molar-refractivity contribution >= 4 is 23.4 Å². The van der Waals surface area contributed by atoms with Crippen LogP contribution >= 0.6 is 11.3 Å². The first-order valence-corrected chi connectivity index (χ1v) is 11.8. The summed E-state index contributed by atoms with van der Waals surface area (Å²) in [6.45, 7) is 7.44. The van der Waals surface area contributed by atoms with E-state index in [4.69, 9.17) is 9.47 Å². The third-order valence-corrected chi connectivity index (χ3v) is 6.27. The molecular weight excluding hydrogens is 455 g/mol. The number of aromatic nitrogens is 1. The minimum Gasteiger partial charge on any atom is -0.491 e. The summed E-state index contributed by atoms with van der Waals surface area (Å²) in [6.07, 6.45) is 1.39. The van der Waals surface area contributed by atoms with Crippen molar-refractivity contribution in [2.75, 3.05) is 6.61 Å². The predicted octanol–water partition coefficient (Wildman–Crippen LogP) is 3.72. The first-order valence-electron chi connectivity index (χ1n) is 11.0. The molecule has 2 aromatic carbocycles. The van der Waals surface area contributed by atoms with E-state index in [1.54, 1.807) is 32.0 Å². The van der Waals surface area contributed by atoms with Gasteiger partial charge in [0, 0.05) is 11.1 Å². The molecular formula is C26H25FN2O4S. The van der Waals surface area contributed by atoms with Crippen LogP contribution in [0.3, 0.4) is 0 Å². The van der Waals surface area contributed by atoms with E-state index in [9.17, 15) is 14.0 Å². The van der Waals surface area contributed by atoms with Crippen molar-refractivity contribution in [3.05, 3.63) is 96.4 Å². The van der Waals surface area contributed by atoms with Crippen LogP contribution in [-0.2, 0) is 9.53 Å². The Hall–Kier alpha value is -3.52. The Morgan fingerprint density at radius 1 is 1.21 bits per heavy atom. The van der Waals surface area contributed by atoms with Crippen LogP contribution in [0.1, 0.15) is 44.9 Å². The zero-order chi connectivity index (χ0) is 24.4. The number of para-hydroxylation sites is 1. The molecule has 0 fully saturated rings. The second-order valence-corrected chi connectivity index (χ2v) is 9.04. The molecule has 1 aromatic heterocycles. The minimum atomic E-state index is -0.798. The minimum absolute atomic E-state index is 0.117. The Balaban J connectivity index is 2.00. The second kappa shape index (κ2) is 9.77. The van der Waals surface area contributed by atoms with Crippen LogP contribution in [0.5, 0.6) is 5.75 Å². The van der Waals surface area contributed by atoms with Gasteiger partial charge in [-0.15, -0.1) is 0 Å². The van der Waals surface area contributed by atoms with Gasteiger partial charge in [0.25, 0.3) is 5.56 Å². The maximum absolute atomic E-state index is 14.3. The Labute approximate surface area is 200 Å². The summed E-state index contributed by atoms with van der Waals surface area (Å²) < 4.78 is 27.4. The summed E-state index contributed by atoms with van der Waals surface area (Å²) in [5.41, 5.74) is 1.31. The maximum Gasteiger partial charge on any atom is 0.338 e. The van der Waals surface area contributed by atoms with E-state index in [2.05, 4.69) is 4.99 Å². The van der Waals surface area contributed by atoms with Crippen LogP contribution in [0.15, 0.2) is 69.6 Å². The quantitative estimate of drug-likeness (QED) is 0.504. The van der Waals surface area contributed by atoms with Crippen LogP contribution in [0.25, 0.3) is 6.08 Å². The Bertz CT molecular complexity index is 1450. The standard InChI is InChI=1S/C26H25FN2O4S/c1-5-32-25(31)22-16(4)28-26-29(23(22)18-11-7-9-13-20(18)33-15(2)3)24(30)21(34-26)14-17-10-6-8-12-19(17)27/h6-15,23H,5H2,1-4H3/b21-14+/t23-/m0/s1. The van der Waals surface area contributed by atoms with Crippen molar-refractivity contribution < 1.29 is 18.7 Å². The Morgan fingerprint density at radius 3 is 2.62 bits per heavy atom. The van der Waals surface area contributed by atoms with Crippen molar-refractivity contribution in [3.63, 3.8) is 0 Å². The molecule has 34 heavy (non-hydrogen) atoms. The van der Waals surface area contributed by atoms with E-state index in [-0.39, 0.29) is 23.8 Å². The van der Waals surface area contributed by atoms with E-state index in [0.29, 0.717) is 31.9 Å². The Kier molecular flexibility index (Phi) is 6.79. The lowest BCUT2D eigenvalue weighted by atomic mass is 9.95. The number of thiazole rings is 1. The molecule has 1 aliphatic rings. The van der Waals surface area contributed by atoms with Gasteiger partial charge in [-0.2, -0.15) is 0 Å². The van der Waals surface area contributed by atoms with Crippen molar-refractivity contribution in [1.29, 1.82) is 0 Å². The second-order valence-electron chi connectivity index (χ2n) is 8.03. The zero-order valence-electron chi connectivity index (χ0n) is 19.4. The summed E-state index contributed by atoms with van der Waals surface area (Å²) in [4.78, 5) is 31.6. The molecule has 8 heteroatoms. The molecule has 3 aromatic rings. The van der Waals surface area contributed by atoms with Crippen molar-refractivity contribution in [2.45, 2.75) is 39.8 Å². The molecule has 2 heterocycles. The first-order chi connectivity index (χ1) is 16.3. The number of ether oxygens (including phenoxy) is 2. The number of benzene rings is 2. The zero-order valence-corrected chi connectivity index (χ0v) is 20.2. The number of esters is 1. The van der Waals surface area contributed by atoms with Gasteiger partial charge in [0.2, 0.25) is 0 Å². The molecule has 1 aliphatic heterocycles. The molecule has 6 nitrogen and oxygen atoms in total. The number of hydrogen-bond donors (Lipinski definition) is 0. The molecule has 0 bridgehead atoms. The van der Waals surface area contributed by atoms with Gasteiger partial charge in [-0.1, -0.05) is 47.7 Å². The van der Waals surface area contributed by atoms with Gasteiger partial charge in [0.15, 0.2) is 4.80 Å². The van der Waals surface area contributed by atoms with E-state index < -0.39 is 17.8 Å². The van der Waals surface area contributed by atoms with Crippen LogP contribution in [-0.4, -0.2) is 23.2 Å². The van der Waals surface area contributed by atoms with Gasteiger partial charge < -0.3 is 9.47 Å². The number of nitrogens with zero attached hydrogens (tertiary/aromatic N) is 2. The van der Waals surface area contributed by atoms with Crippen molar-refractivity contribution in [3.8, 4) is 5.75 Å². The van der Waals surface area contributed by atoms with Crippen LogP contribution in [0, 0.1) is 5.82 Å². The average molecular weight is 481 g/mol. The number of allylic oxidation sites excluding steroid dienone is 1. The molecule has 0 aliphatic carbocycles. The molecule has 0 saturated heterocycles. The van der Waals surface area contributed by atoms with Crippen molar-refractivity contribution in [1.82, 2.24) is 4.57 Å². The van der Waals surface area contributed by atoms with Gasteiger partial charge in [0.05, 0.1) is 28.5 Å². The fourth-order valence-corrected chi connectivity index (χ4v) is 4.92. The fourth-order valence-electron chi connectivity index (χ4n) is 3.89. The molecule has 4 rings (SSSR count). The highest BCUT2D eigenvalue weighted by Gasteiger charge is 2.35. The van der Waals surface area contributed by atoms with Gasteiger partial charge in [-0.3, -0.25) is 9.36 Å². The topological polar surface area (TPSA) is 69.9 Å². The number of carbonyl (C=O) groups excluding carboxylic acids is 1. The third kappa shape index (κ3) is 4.46. The average Bonchev–Trinajstić information content (AvgIpc) is 3.09. The molecule has 0 amide bonds. The molecule has 0 saturated carbocycles. The summed E-state index contributed by atoms with van der Waals surface area (Å²) in [7, 11) is 0. The normalized spacial score (nSPS) is 15.8. The highest BCUT2D eigenvalue weighted by Crippen LogP contribution is 2.36. The number of hydrogen-bond acceptors (Lipinski definition) is 6. The SMILES string of the molecule is CCOC(=O)C1=C(C)N=c2s/c(=C/c3ccccc3F)c(=O)n2[C@H]1c1ccccc1OC(C)C. The Morgan fingerprint density at radius 2 is 1.91 bits per heavy atom. The largest absolute Gasteiger partial charge is 0.491 e. The molecule has 1 atom stereocenters. The van der Waals surface area contributed by atoms with Crippen LogP contribution < -0.4 is 19.6 Å². The maximum atomic E-state index is 14.3. The molecule has 0 N–H and O–H groups in total. The molecule has 0 unspecified atom stereocenters. The van der Waals surface area contributed by atoms with Crippen LogP contribution in [0.2, 0.25) is 0 Å². The van der Waals surface area contributed by atoms with E-state index in [1.807, 2.05) is 38.1 Å². The van der Waals surface area contributed by atoms with E-state index in [1.165, 1.54) is 16.7 Å². The monoisotopic (exact) mass is 480 g/mol. The third-order valence-electron chi connectivity index (χ3n) is 5.29. The van der Waals surface area contributed by atoms with Gasteiger partial charge in [0.1, 0.15) is 17.6 Å². The number of carbonyl (C=O) groups is 1. The van der Waals surface area contributed by atoms with Gasteiger partial charge in [-0.05, 0) is 45.9 Å². The molecule has 0 radical (unpaired) electrons. The van der Waals surface area contributed by atoms with Crippen molar-refractivity contribution in [2.24, 2.45) is 4.99 Å². The van der Waals surface area contributed by atoms with E-state index in [0.717, 1.165) is 11.3 Å². The summed E-state index contributed by atoms with van der Waals surface area (Å²) in [5.74, 6) is -0.414. The van der Waals surface area contributed by atoms with E-state index >= 15 is 0 Å². The highest BCUT2D eigenvalue weighted by molar-refractivity contribution is 7.07. The summed E-state index contributed by atoms with van der Waals surface area (Å²) in [5, 5.41) is 0. The first kappa shape index (κ1) is 23.6. The molecule has 0 spiro atoms. The molecule has 176 valence electrons. The smallest absolute Gasteiger partial charge is 0.338 e. The lowest BCUT2D eigenvalue weighted by molar-refractivity contribution is -0.139. The number of rotatable bonds is 6. The predicted molar refractivity (Wildman–Crippen MR) is 129 cm³/mol. The highest BCUT2D eigenvalue weighted by atomic mass is 32.1. The van der Waals surface area contributed by atoms with Gasteiger partial charge in [-0.25, -0.2) is 14.2 Å². The van der Waals surface area contributed by atoms with Crippen LogP contribution in [0.4, 0.5) is 4.39 Å². The summed E-state index contributed by atoms with van der Waals surface area (Å²) >= 11 is 1.15.